The van der Waals surface area contributed by atoms with Gasteiger partial charge in [0, 0.05) is 44.7 Å². The highest BCUT2D eigenvalue weighted by Crippen LogP contribution is 2.40. The Labute approximate surface area is 169 Å². The Bertz CT molecular complexity index is 576. The molecule has 0 aromatic rings. The molecule has 0 bridgehead atoms. The molecule has 3 fully saturated rings. The number of amides is 2. The van der Waals surface area contributed by atoms with Crippen molar-refractivity contribution in [2.24, 2.45) is 0 Å². The maximum absolute atomic E-state index is 12.2. The first kappa shape index (κ1) is 21.4. The molecule has 0 unspecified atom stereocenters. The zero-order chi connectivity index (χ0) is 20.4. The lowest BCUT2D eigenvalue weighted by Crippen LogP contribution is -2.66. The quantitative estimate of drug-likeness (QED) is 0.793. The molecule has 3 aliphatic heterocycles. The van der Waals surface area contributed by atoms with E-state index in [1.54, 1.807) is 11.8 Å². The molecule has 0 saturated carbocycles. The Morgan fingerprint density at radius 1 is 1.07 bits per heavy atom. The fourth-order valence-corrected chi connectivity index (χ4v) is 5.47. The molecule has 3 aliphatic rings. The smallest absolute Gasteiger partial charge is 0.409 e. The van der Waals surface area contributed by atoms with Gasteiger partial charge in [0.25, 0.3) is 0 Å². The summed E-state index contributed by atoms with van der Waals surface area (Å²) in [6.45, 7) is 9.64. The number of nitrogens with zero attached hydrogens (tertiary/aromatic N) is 3. The van der Waals surface area contributed by atoms with E-state index in [4.69, 9.17) is 4.74 Å². The predicted octanol–water partition coefficient (Wildman–Crippen LogP) is 2.23. The van der Waals surface area contributed by atoms with Crippen molar-refractivity contribution in [1.82, 2.24) is 14.7 Å². The van der Waals surface area contributed by atoms with Gasteiger partial charge in [-0.2, -0.15) is 0 Å². The SMILES string of the molecule is CCOC(=O)N1CCC(O)(CN2CCCC[C@@H]3N(C(C)=O)CCC[C@@]32C)CC1. The van der Waals surface area contributed by atoms with Crippen molar-refractivity contribution in [2.75, 3.05) is 39.3 Å². The molecule has 1 N–H and O–H groups in total. The summed E-state index contributed by atoms with van der Waals surface area (Å²) >= 11 is 0. The van der Waals surface area contributed by atoms with Crippen LogP contribution in [-0.2, 0) is 9.53 Å². The van der Waals surface area contributed by atoms with Crippen LogP contribution in [0.4, 0.5) is 4.79 Å². The van der Waals surface area contributed by atoms with Crippen LogP contribution in [0.25, 0.3) is 0 Å². The van der Waals surface area contributed by atoms with E-state index in [0.29, 0.717) is 39.1 Å². The third kappa shape index (κ3) is 4.30. The molecule has 3 saturated heterocycles. The van der Waals surface area contributed by atoms with Crippen LogP contribution in [0, 0.1) is 0 Å². The molecule has 0 aromatic heterocycles. The number of rotatable bonds is 3. The maximum atomic E-state index is 12.2. The summed E-state index contributed by atoms with van der Waals surface area (Å²) in [6.07, 6.45) is 6.19. The van der Waals surface area contributed by atoms with Crippen molar-refractivity contribution in [3.8, 4) is 0 Å². The van der Waals surface area contributed by atoms with Crippen LogP contribution in [0.15, 0.2) is 0 Å². The zero-order valence-corrected chi connectivity index (χ0v) is 17.8. The molecule has 0 aliphatic carbocycles. The number of carbonyl (C=O) groups excluding carboxylic acids is 2. The standard InChI is InChI=1S/C21H37N3O4/c1-4-28-19(26)22-14-10-21(27,11-15-22)16-23-12-6-5-8-18-20(23,3)9-7-13-24(18)17(2)25/h18,27H,4-16H2,1-3H3/t18-,20-/m0/s1. The largest absolute Gasteiger partial charge is 0.450 e. The second-order valence-electron chi connectivity index (χ2n) is 9.02. The molecule has 7 heteroatoms. The third-order valence-electron chi connectivity index (χ3n) is 7.16. The predicted molar refractivity (Wildman–Crippen MR) is 107 cm³/mol. The summed E-state index contributed by atoms with van der Waals surface area (Å²) in [4.78, 5) is 30.4. The van der Waals surface area contributed by atoms with Crippen molar-refractivity contribution in [3.05, 3.63) is 0 Å². The van der Waals surface area contributed by atoms with Gasteiger partial charge in [-0.25, -0.2) is 4.79 Å². The summed E-state index contributed by atoms with van der Waals surface area (Å²) in [5.41, 5.74) is -0.881. The number of piperidine rings is 2. The number of ether oxygens (including phenoxy) is 1. The monoisotopic (exact) mass is 395 g/mol. The van der Waals surface area contributed by atoms with Crippen LogP contribution >= 0.6 is 0 Å². The van der Waals surface area contributed by atoms with Crippen LogP contribution in [0.2, 0.25) is 0 Å². The van der Waals surface area contributed by atoms with Crippen molar-refractivity contribution in [2.45, 2.75) is 82.9 Å². The van der Waals surface area contributed by atoms with Gasteiger partial charge in [-0.15, -0.1) is 0 Å². The molecule has 3 heterocycles. The van der Waals surface area contributed by atoms with Gasteiger partial charge in [0.1, 0.15) is 0 Å². The van der Waals surface area contributed by atoms with E-state index in [0.717, 1.165) is 45.2 Å². The van der Waals surface area contributed by atoms with E-state index in [1.165, 1.54) is 0 Å². The normalized spacial score (nSPS) is 31.1. The Kier molecular flexibility index (Phi) is 6.54. The Hall–Kier alpha value is -1.34. The Morgan fingerprint density at radius 2 is 1.79 bits per heavy atom. The molecule has 160 valence electrons. The molecule has 7 nitrogen and oxygen atoms in total. The highest BCUT2D eigenvalue weighted by atomic mass is 16.6. The second kappa shape index (κ2) is 8.57. The van der Waals surface area contributed by atoms with Gasteiger partial charge in [-0.3, -0.25) is 9.69 Å². The van der Waals surface area contributed by atoms with Gasteiger partial charge in [-0.05, 0) is 58.9 Å². The average molecular weight is 396 g/mol. The summed E-state index contributed by atoms with van der Waals surface area (Å²) < 4.78 is 5.09. The van der Waals surface area contributed by atoms with Gasteiger partial charge in [-0.1, -0.05) is 6.42 Å². The average Bonchev–Trinajstić information content (AvgIpc) is 2.81. The van der Waals surface area contributed by atoms with Gasteiger partial charge in [0.15, 0.2) is 0 Å². The van der Waals surface area contributed by atoms with E-state index >= 15 is 0 Å². The van der Waals surface area contributed by atoms with Crippen LogP contribution < -0.4 is 0 Å². The molecule has 3 rings (SSSR count). The minimum Gasteiger partial charge on any atom is -0.450 e. The topological polar surface area (TPSA) is 73.3 Å². The summed E-state index contributed by atoms with van der Waals surface area (Å²) in [6, 6.07) is 0.226. The minimum absolute atomic E-state index is 0.0889. The highest BCUT2D eigenvalue weighted by Gasteiger charge is 2.49. The first-order chi connectivity index (χ1) is 13.3. The molecule has 0 spiro atoms. The van der Waals surface area contributed by atoms with E-state index in [9.17, 15) is 14.7 Å². The second-order valence-corrected chi connectivity index (χ2v) is 9.02. The molecule has 0 radical (unpaired) electrons. The van der Waals surface area contributed by atoms with Crippen LogP contribution in [-0.4, -0.2) is 88.3 Å². The number of fused-ring (bicyclic) bond motifs is 1. The Morgan fingerprint density at radius 3 is 2.43 bits per heavy atom. The Balaban J connectivity index is 1.70. The van der Waals surface area contributed by atoms with Crippen molar-refractivity contribution < 1.29 is 19.4 Å². The van der Waals surface area contributed by atoms with Crippen molar-refractivity contribution in [3.63, 3.8) is 0 Å². The van der Waals surface area contributed by atoms with Gasteiger partial charge < -0.3 is 19.6 Å². The number of carbonyl (C=O) groups is 2. The fourth-order valence-electron chi connectivity index (χ4n) is 5.47. The van der Waals surface area contributed by atoms with Gasteiger partial charge in [0.2, 0.25) is 5.91 Å². The minimum atomic E-state index is -0.792. The lowest BCUT2D eigenvalue weighted by molar-refractivity contribution is -0.140. The number of likely N-dealkylation sites (tertiary alicyclic amines) is 3. The van der Waals surface area contributed by atoms with E-state index in [-0.39, 0.29) is 23.6 Å². The third-order valence-corrected chi connectivity index (χ3v) is 7.16. The van der Waals surface area contributed by atoms with Crippen LogP contribution in [0.5, 0.6) is 0 Å². The number of hydrogen-bond acceptors (Lipinski definition) is 5. The lowest BCUT2D eigenvalue weighted by Gasteiger charge is -2.54. The molecule has 2 amide bonds. The van der Waals surface area contributed by atoms with Gasteiger partial charge in [0.05, 0.1) is 12.2 Å². The molecular weight excluding hydrogens is 358 g/mol. The van der Waals surface area contributed by atoms with Crippen LogP contribution in [0.1, 0.15) is 65.7 Å². The van der Waals surface area contributed by atoms with Gasteiger partial charge >= 0.3 is 6.09 Å². The summed E-state index contributed by atoms with van der Waals surface area (Å²) in [5.74, 6) is 0.166. The molecule has 0 aromatic carbocycles. The summed E-state index contributed by atoms with van der Waals surface area (Å²) in [5, 5.41) is 11.3. The zero-order valence-electron chi connectivity index (χ0n) is 17.8. The molecular formula is C21H37N3O4. The maximum Gasteiger partial charge on any atom is 0.409 e. The number of β-amino-alcohol motifs (C(OH)–C–C–N with tert-alkyl or cyclic N) is 1. The van der Waals surface area contributed by atoms with Crippen molar-refractivity contribution in [1.29, 1.82) is 0 Å². The summed E-state index contributed by atoms with van der Waals surface area (Å²) in [7, 11) is 0. The highest BCUT2D eigenvalue weighted by molar-refractivity contribution is 5.74. The number of hydrogen-bond donors (Lipinski definition) is 1. The first-order valence-corrected chi connectivity index (χ1v) is 11.0. The van der Waals surface area contributed by atoms with E-state index in [1.807, 2.05) is 6.92 Å². The number of aliphatic hydroxyl groups is 1. The first-order valence-electron chi connectivity index (χ1n) is 11.0. The van der Waals surface area contributed by atoms with Crippen LogP contribution in [0.3, 0.4) is 0 Å². The molecule has 2 atom stereocenters. The lowest BCUT2D eigenvalue weighted by atomic mass is 9.78. The fraction of sp³-hybridized carbons (Fsp3) is 0.905. The van der Waals surface area contributed by atoms with E-state index < -0.39 is 5.60 Å². The van der Waals surface area contributed by atoms with Crippen molar-refractivity contribution >= 4 is 12.0 Å². The molecule has 28 heavy (non-hydrogen) atoms. The van der Waals surface area contributed by atoms with E-state index in [2.05, 4.69) is 16.7 Å².